The summed E-state index contributed by atoms with van der Waals surface area (Å²) in [6.07, 6.45) is 0. The van der Waals surface area contributed by atoms with Gasteiger partial charge in [-0.1, -0.05) is 0 Å². The van der Waals surface area contributed by atoms with E-state index in [0.717, 1.165) is 5.56 Å². The van der Waals surface area contributed by atoms with Crippen molar-refractivity contribution in [3.05, 3.63) is 29.3 Å². The van der Waals surface area contributed by atoms with Crippen molar-refractivity contribution in [3.8, 4) is 5.75 Å². The van der Waals surface area contributed by atoms with E-state index >= 15 is 0 Å². The van der Waals surface area contributed by atoms with Gasteiger partial charge in [0, 0.05) is 12.6 Å². The van der Waals surface area contributed by atoms with Crippen LogP contribution in [-0.4, -0.2) is 25.8 Å². The molecular formula is C11H13NO3. The number of amides is 1. The van der Waals surface area contributed by atoms with E-state index in [0.29, 0.717) is 11.3 Å². The number of rotatable bonds is 3. The molecule has 0 aliphatic rings. The largest absolute Gasteiger partial charge is 0.496 e. The van der Waals surface area contributed by atoms with Crippen molar-refractivity contribution in [1.82, 2.24) is 5.32 Å². The van der Waals surface area contributed by atoms with Crippen molar-refractivity contribution in [1.29, 1.82) is 0 Å². The molecule has 0 atom stereocenters. The number of nitrogens with one attached hydrogen (secondary N) is 1. The maximum atomic E-state index is 11.5. The summed E-state index contributed by atoms with van der Waals surface area (Å²) in [5.74, 6) is -0.453. The summed E-state index contributed by atoms with van der Waals surface area (Å²) in [4.78, 5) is 22.6. The van der Waals surface area contributed by atoms with E-state index < -0.39 is 11.7 Å². The number of hydrogen-bond acceptors (Lipinski definition) is 3. The van der Waals surface area contributed by atoms with Gasteiger partial charge in [-0.2, -0.15) is 0 Å². The lowest BCUT2D eigenvalue weighted by Crippen LogP contribution is -2.27. The molecule has 0 aromatic heterocycles. The molecule has 0 radical (unpaired) electrons. The van der Waals surface area contributed by atoms with Crippen LogP contribution in [0, 0.1) is 6.92 Å². The maximum Gasteiger partial charge on any atom is 0.292 e. The lowest BCUT2D eigenvalue weighted by molar-refractivity contribution is -0.116. The first-order valence-electron chi connectivity index (χ1n) is 4.51. The van der Waals surface area contributed by atoms with E-state index in [1.807, 2.05) is 6.92 Å². The van der Waals surface area contributed by atoms with Gasteiger partial charge in [0.15, 0.2) is 0 Å². The Morgan fingerprint density at radius 2 is 2.00 bits per heavy atom. The molecule has 1 rings (SSSR count). The van der Waals surface area contributed by atoms with E-state index in [4.69, 9.17) is 4.74 Å². The first kappa shape index (κ1) is 11.2. The molecule has 4 nitrogen and oxygen atoms in total. The van der Waals surface area contributed by atoms with Crippen LogP contribution in [0.5, 0.6) is 5.75 Å². The molecule has 0 unspecified atom stereocenters. The highest BCUT2D eigenvalue weighted by atomic mass is 16.5. The van der Waals surface area contributed by atoms with Crippen LogP contribution in [0.15, 0.2) is 18.2 Å². The van der Waals surface area contributed by atoms with Crippen molar-refractivity contribution in [3.63, 3.8) is 0 Å². The topological polar surface area (TPSA) is 55.4 Å². The fraction of sp³-hybridized carbons (Fsp3) is 0.273. The van der Waals surface area contributed by atoms with Crippen LogP contribution in [0.25, 0.3) is 0 Å². The predicted octanol–water partition coefficient (Wildman–Crippen LogP) is 0.932. The SMILES string of the molecule is CNC(=O)C(=O)c1ccc(OC)c(C)c1. The number of likely N-dealkylation sites (N-methyl/N-ethyl adjacent to an activating group) is 1. The van der Waals surface area contributed by atoms with E-state index in [1.54, 1.807) is 25.3 Å². The normalized spacial score (nSPS) is 9.53. The molecule has 4 heteroatoms. The van der Waals surface area contributed by atoms with Crippen molar-refractivity contribution < 1.29 is 14.3 Å². The van der Waals surface area contributed by atoms with Gasteiger partial charge in [-0.25, -0.2) is 0 Å². The van der Waals surface area contributed by atoms with Crippen molar-refractivity contribution >= 4 is 11.7 Å². The second-order valence-corrected chi connectivity index (χ2v) is 3.09. The Hall–Kier alpha value is -1.84. The number of carbonyl (C=O) groups excluding carboxylic acids is 2. The van der Waals surface area contributed by atoms with E-state index in [9.17, 15) is 9.59 Å². The molecular weight excluding hydrogens is 194 g/mol. The Labute approximate surface area is 88.2 Å². The molecule has 1 aromatic rings. The van der Waals surface area contributed by atoms with Crippen molar-refractivity contribution in [2.45, 2.75) is 6.92 Å². The fourth-order valence-corrected chi connectivity index (χ4v) is 1.26. The van der Waals surface area contributed by atoms with Crippen LogP contribution in [0.3, 0.4) is 0 Å². The van der Waals surface area contributed by atoms with Crippen LogP contribution in [-0.2, 0) is 4.79 Å². The minimum absolute atomic E-state index is 0.368. The molecule has 0 bridgehead atoms. The van der Waals surface area contributed by atoms with Gasteiger partial charge in [-0.15, -0.1) is 0 Å². The Kier molecular flexibility index (Phi) is 3.44. The monoisotopic (exact) mass is 207 g/mol. The fourth-order valence-electron chi connectivity index (χ4n) is 1.26. The molecule has 80 valence electrons. The molecule has 1 N–H and O–H groups in total. The van der Waals surface area contributed by atoms with Gasteiger partial charge in [0.1, 0.15) is 5.75 Å². The number of benzene rings is 1. The Balaban J connectivity index is 3.02. The zero-order valence-electron chi connectivity index (χ0n) is 8.96. The Morgan fingerprint density at radius 1 is 1.33 bits per heavy atom. The number of carbonyl (C=O) groups is 2. The number of ether oxygens (including phenoxy) is 1. The van der Waals surface area contributed by atoms with E-state index in [-0.39, 0.29) is 0 Å². The summed E-state index contributed by atoms with van der Waals surface area (Å²) >= 11 is 0. The molecule has 0 aliphatic carbocycles. The molecule has 1 amide bonds. The minimum Gasteiger partial charge on any atom is -0.496 e. The van der Waals surface area contributed by atoms with Crippen LogP contribution in [0.2, 0.25) is 0 Å². The third-order valence-corrected chi connectivity index (χ3v) is 2.09. The molecule has 0 saturated heterocycles. The zero-order valence-corrected chi connectivity index (χ0v) is 8.96. The van der Waals surface area contributed by atoms with E-state index in [2.05, 4.69) is 5.32 Å². The summed E-state index contributed by atoms with van der Waals surface area (Å²) in [6, 6.07) is 4.88. The predicted molar refractivity (Wildman–Crippen MR) is 56.1 cm³/mol. The second kappa shape index (κ2) is 4.59. The average Bonchev–Trinajstić information content (AvgIpc) is 2.26. The first-order valence-corrected chi connectivity index (χ1v) is 4.51. The lowest BCUT2D eigenvalue weighted by atomic mass is 10.1. The van der Waals surface area contributed by atoms with Crippen molar-refractivity contribution in [2.24, 2.45) is 0 Å². The average molecular weight is 207 g/mol. The quantitative estimate of drug-likeness (QED) is 0.592. The zero-order chi connectivity index (χ0) is 11.4. The highest BCUT2D eigenvalue weighted by Gasteiger charge is 2.15. The summed E-state index contributed by atoms with van der Waals surface area (Å²) in [7, 11) is 2.99. The van der Waals surface area contributed by atoms with Gasteiger partial charge >= 0.3 is 0 Å². The number of aryl methyl sites for hydroxylation is 1. The van der Waals surface area contributed by atoms with Gasteiger partial charge in [0.25, 0.3) is 5.91 Å². The third kappa shape index (κ3) is 2.34. The number of Topliss-reactive ketones (excluding diaryl/α,β-unsaturated/α-hetero) is 1. The number of hydrogen-bond donors (Lipinski definition) is 1. The van der Waals surface area contributed by atoms with Gasteiger partial charge in [-0.05, 0) is 30.7 Å². The summed E-state index contributed by atoms with van der Waals surface area (Å²) in [5.41, 5.74) is 1.19. The molecule has 1 aromatic carbocycles. The molecule has 0 heterocycles. The second-order valence-electron chi connectivity index (χ2n) is 3.09. The highest BCUT2D eigenvalue weighted by Crippen LogP contribution is 2.18. The van der Waals surface area contributed by atoms with Crippen LogP contribution in [0.1, 0.15) is 15.9 Å². The van der Waals surface area contributed by atoms with Gasteiger partial charge in [0.2, 0.25) is 5.78 Å². The molecule has 0 aliphatic heterocycles. The molecule has 0 spiro atoms. The smallest absolute Gasteiger partial charge is 0.292 e. The molecule has 0 saturated carbocycles. The first-order chi connectivity index (χ1) is 7.10. The van der Waals surface area contributed by atoms with Gasteiger partial charge in [-0.3, -0.25) is 9.59 Å². The van der Waals surface area contributed by atoms with Crippen LogP contribution >= 0.6 is 0 Å². The van der Waals surface area contributed by atoms with Gasteiger partial charge < -0.3 is 10.1 Å². The minimum atomic E-state index is -0.612. The summed E-state index contributed by atoms with van der Waals surface area (Å²) in [5, 5.41) is 2.29. The van der Waals surface area contributed by atoms with Crippen molar-refractivity contribution in [2.75, 3.05) is 14.2 Å². The number of ketones is 1. The standard InChI is InChI=1S/C11H13NO3/c1-7-6-8(4-5-9(7)15-3)10(13)11(14)12-2/h4-6H,1-3H3,(H,12,14). The summed E-state index contributed by atoms with van der Waals surface area (Å²) < 4.78 is 5.05. The van der Waals surface area contributed by atoms with E-state index in [1.165, 1.54) is 7.05 Å². The Morgan fingerprint density at radius 3 is 2.47 bits per heavy atom. The highest BCUT2D eigenvalue weighted by molar-refractivity contribution is 6.42. The molecule has 15 heavy (non-hydrogen) atoms. The molecule has 0 fully saturated rings. The van der Waals surface area contributed by atoms with Crippen LogP contribution < -0.4 is 10.1 Å². The number of methoxy groups -OCH3 is 1. The lowest BCUT2D eigenvalue weighted by Gasteiger charge is -2.05. The van der Waals surface area contributed by atoms with Crippen LogP contribution in [0.4, 0.5) is 0 Å². The third-order valence-electron chi connectivity index (χ3n) is 2.09. The Bertz CT molecular complexity index is 399. The summed E-state index contributed by atoms with van der Waals surface area (Å²) in [6.45, 7) is 1.82. The maximum absolute atomic E-state index is 11.5. The van der Waals surface area contributed by atoms with Gasteiger partial charge in [0.05, 0.1) is 7.11 Å².